The van der Waals surface area contributed by atoms with Crippen molar-refractivity contribution in [1.82, 2.24) is 5.32 Å². The van der Waals surface area contributed by atoms with Gasteiger partial charge in [0.15, 0.2) is 9.84 Å². The molecule has 1 aliphatic rings. The Bertz CT molecular complexity index is 1610. The maximum atomic E-state index is 12.6. The number of halogens is 1. The number of hydrogen-bond donors (Lipinski definition) is 1. The van der Waals surface area contributed by atoms with Gasteiger partial charge in [-0.25, -0.2) is 13.2 Å². The number of nitrogens with one attached hydrogen (secondary N) is 1. The fourth-order valence-electron chi connectivity index (χ4n) is 4.05. The zero-order valence-corrected chi connectivity index (χ0v) is 19.0. The summed E-state index contributed by atoms with van der Waals surface area (Å²) in [7, 11) is -3.30. The molecule has 3 heterocycles. The molecule has 5 rings (SSSR count). The molecule has 2 aromatic carbocycles. The molecule has 1 atom stereocenters. The number of furan rings is 1. The van der Waals surface area contributed by atoms with Crippen LogP contribution < -0.4 is 10.9 Å². The number of fused-ring (bicyclic) bond motifs is 2. The number of benzene rings is 2. The van der Waals surface area contributed by atoms with Crippen molar-refractivity contribution in [1.29, 1.82) is 0 Å². The van der Waals surface area contributed by atoms with E-state index in [1.165, 1.54) is 6.08 Å². The minimum absolute atomic E-state index is 0.185. The van der Waals surface area contributed by atoms with Crippen LogP contribution in [0.25, 0.3) is 33.1 Å². The third kappa shape index (κ3) is 4.07. The summed E-state index contributed by atoms with van der Waals surface area (Å²) in [5.74, 6) is -0.640. The van der Waals surface area contributed by atoms with Crippen LogP contribution in [0.1, 0.15) is 11.1 Å². The Morgan fingerprint density at radius 3 is 2.61 bits per heavy atom. The monoisotopic (exact) mass is 483 g/mol. The molecular formula is C24H18ClNO6S. The largest absolute Gasteiger partial charge is 0.464 e. The van der Waals surface area contributed by atoms with Crippen LogP contribution in [0.5, 0.6) is 0 Å². The van der Waals surface area contributed by atoms with E-state index in [4.69, 9.17) is 20.4 Å². The first-order chi connectivity index (χ1) is 15.7. The average Bonchev–Trinajstić information content (AvgIpc) is 3.32. The molecule has 1 N–H and O–H groups in total. The Morgan fingerprint density at radius 1 is 1.15 bits per heavy atom. The van der Waals surface area contributed by atoms with Gasteiger partial charge in [-0.1, -0.05) is 23.7 Å². The molecule has 0 saturated carbocycles. The van der Waals surface area contributed by atoms with Crippen LogP contribution in [-0.4, -0.2) is 26.1 Å². The highest BCUT2D eigenvalue weighted by atomic mass is 35.5. The molecule has 7 nitrogen and oxygen atoms in total. The first kappa shape index (κ1) is 21.5. The van der Waals surface area contributed by atoms with Crippen LogP contribution in [0, 0.1) is 6.92 Å². The maximum absolute atomic E-state index is 12.6. The first-order valence-corrected chi connectivity index (χ1v) is 12.2. The van der Waals surface area contributed by atoms with E-state index in [0.29, 0.717) is 27.1 Å². The van der Waals surface area contributed by atoms with Gasteiger partial charge in [-0.2, -0.15) is 0 Å². The summed E-state index contributed by atoms with van der Waals surface area (Å²) in [5.41, 5.74) is 2.94. The lowest BCUT2D eigenvalue weighted by Crippen LogP contribution is -2.37. The van der Waals surface area contributed by atoms with Gasteiger partial charge in [0.05, 0.1) is 30.0 Å². The second-order valence-electron chi connectivity index (χ2n) is 8.00. The minimum Gasteiger partial charge on any atom is -0.464 e. The lowest BCUT2D eigenvalue weighted by Gasteiger charge is -2.11. The van der Waals surface area contributed by atoms with Crippen molar-refractivity contribution in [2.24, 2.45) is 0 Å². The molecule has 1 aliphatic heterocycles. The summed E-state index contributed by atoms with van der Waals surface area (Å²) in [6.07, 6.45) is 2.84. The van der Waals surface area contributed by atoms with Crippen molar-refractivity contribution in [3.05, 3.63) is 80.7 Å². The number of amides is 1. The van der Waals surface area contributed by atoms with Crippen molar-refractivity contribution in [3.8, 4) is 11.1 Å². The maximum Gasteiger partial charge on any atom is 0.340 e. The molecule has 2 aromatic heterocycles. The van der Waals surface area contributed by atoms with Crippen LogP contribution in [0.15, 0.2) is 67.8 Å². The van der Waals surface area contributed by atoms with Gasteiger partial charge >= 0.3 is 5.63 Å². The first-order valence-electron chi connectivity index (χ1n) is 10.1. The summed E-state index contributed by atoms with van der Waals surface area (Å²) in [4.78, 5) is 25.1. The third-order valence-electron chi connectivity index (χ3n) is 5.75. The molecule has 0 aliphatic carbocycles. The molecule has 1 amide bonds. The van der Waals surface area contributed by atoms with Crippen molar-refractivity contribution < 1.29 is 22.0 Å². The number of rotatable bonds is 4. The Morgan fingerprint density at radius 2 is 1.91 bits per heavy atom. The van der Waals surface area contributed by atoms with Crippen molar-refractivity contribution in [3.63, 3.8) is 0 Å². The van der Waals surface area contributed by atoms with Crippen molar-refractivity contribution >= 4 is 49.3 Å². The van der Waals surface area contributed by atoms with Gasteiger partial charge < -0.3 is 14.2 Å². The normalized spacial score (nSPS) is 17.1. The van der Waals surface area contributed by atoms with Crippen molar-refractivity contribution in [2.75, 3.05) is 5.75 Å². The highest BCUT2D eigenvalue weighted by molar-refractivity contribution is 7.94. The fourth-order valence-corrected chi connectivity index (χ4v) is 5.41. The predicted octanol–water partition coefficient (Wildman–Crippen LogP) is 4.14. The summed E-state index contributed by atoms with van der Waals surface area (Å²) in [6.45, 7) is 1.76. The fraction of sp³-hybridized carbons (Fsp3) is 0.167. The number of aryl methyl sites for hydroxylation is 1. The zero-order valence-electron chi connectivity index (χ0n) is 17.4. The molecule has 33 heavy (non-hydrogen) atoms. The molecule has 0 saturated heterocycles. The number of carbonyl (C=O) groups excluding carboxylic acids is 1. The number of sulfone groups is 1. The summed E-state index contributed by atoms with van der Waals surface area (Å²) in [5, 5.41) is 5.87. The zero-order chi connectivity index (χ0) is 23.3. The Kier molecular flexibility index (Phi) is 5.14. The van der Waals surface area contributed by atoms with E-state index in [9.17, 15) is 18.0 Å². The summed E-state index contributed by atoms with van der Waals surface area (Å²) in [6, 6.07) is 10.3. The van der Waals surface area contributed by atoms with E-state index in [2.05, 4.69) is 5.32 Å². The van der Waals surface area contributed by atoms with E-state index in [1.54, 1.807) is 31.4 Å². The van der Waals surface area contributed by atoms with E-state index < -0.39 is 27.4 Å². The lowest BCUT2D eigenvalue weighted by molar-refractivity contribution is -0.120. The molecular weight excluding hydrogens is 466 g/mol. The Hall–Kier alpha value is -3.36. The molecule has 168 valence electrons. The van der Waals surface area contributed by atoms with E-state index in [0.717, 1.165) is 21.9 Å². The van der Waals surface area contributed by atoms with Crippen LogP contribution in [0.2, 0.25) is 5.02 Å². The molecule has 0 spiro atoms. The highest BCUT2D eigenvalue weighted by Crippen LogP contribution is 2.35. The molecule has 1 unspecified atom stereocenters. The average molecular weight is 484 g/mol. The topological polar surface area (TPSA) is 107 Å². The Balaban J connectivity index is 1.52. The highest BCUT2D eigenvalue weighted by Gasteiger charge is 2.24. The predicted molar refractivity (Wildman–Crippen MR) is 126 cm³/mol. The van der Waals surface area contributed by atoms with Gasteiger partial charge in [0.25, 0.3) is 0 Å². The number of carbonyl (C=O) groups is 1. The van der Waals surface area contributed by atoms with Gasteiger partial charge in [0.1, 0.15) is 11.2 Å². The summed E-state index contributed by atoms with van der Waals surface area (Å²) >= 11 is 6.00. The molecule has 0 radical (unpaired) electrons. The van der Waals surface area contributed by atoms with Crippen LogP contribution in [0.3, 0.4) is 0 Å². The minimum atomic E-state index is -3.30. The third-order valence-corrected chi connectivity index (χ3v) is 7.40. The van der Waals surface area contributed by atoms with Crippen LogP contribution in [0.4, 0.5) is 0 Å². The van der Waals surface area contributed by atoms with Gasteiger partial charge in [0, 0.05) is 32.8 Å². The SMILES string of the molecule is Cc1c(CC(=O)NC2C=CS(=O)(=O)C2)c(=O)oc2cc3occ(-c4ccc(Cl)cc4)c3cc12. The second-order valence-corrected chi connectivity index (χ2v) is 10.4. The molecule has 0 fully saturated rings. The van der Waals surface area contributed by atoms with Gasteiger partial charge in [-0.05, 0) is 42.3 Å². The summed E-state index contributed by atoms with van der Waals surface area (Å²) < 4.78 is 34.3. The van der Waals surface area contributed by atoms with Crippen molar-refractivity contribution in [2.45, 2.75) is 19.4 Å². The van der Waals surface area contributed by atoms with E-state index in [-0.39, 0.29) is 17.7 Å². The number of hydrogen-bond acceptors (Lipinski definition) is 6. The van der Waals surface area contributed by atoms with Crippen LogP contribution >= 0.6 is 11.6 Å². The van der Waals surface area contributed by atoms with Gasteiger partial charge in [-0.3, -0.25) is 4.79 Å². The molecule has 0 bridgehead atoms. The van der Waals surface area contributed by atoms with E-state index >= 15 is 0 Å². The van der Waals surface area contributed by atoms with Gasteiger partial charge in [-0.15, -0.1) is 0 Å². The van der Waals surface area contributed by atoms with E-state index in [1.807, 2.05) is 18.2 Å². The quantitative estimate of drug-likeness (QED) is 0.437. The molecule has 9 heteroatoms. The molecule has 4 aromatic rings. The van der Waals surface area contributed by atoms with Crippen LogP contribution in [-0.2, 0) is 21.1 Å². The standard InChI is InChI=1S/C24H18ClNO6S/c1-13-17-8-19-20(14-2-4-15(25)5-3-14)11-31-21(19)10-22(17)32-24(28)18(13)9-23(27)26-16-6-7-33(29,30)12-16/h2-8,10-11,16H,9,12H2,1H3,(H,26,27). The smallest absolute Gasteiger partial charge is 0.340 e. The van der Waals surface area contributed by atoms with Gasteiger partial charge in [0.2, 0.25) is 5.91 Å². The lowest BCUT2D eigenvalue weighted by atomic mass is 9.99. The Labute approximate surface area is 193 Å². The second kappa shape index (κ2) is 7.90.